The fraction of sp³-hybridized carbons (Fsp3) is 0.500. The average molecular weight is 335 g/mol. The smallest absolute Gasteiger partial charge is 0.136 e. The van der Waals surface area contributed by atoms with E-state index in [-0.39, 0.29) is 10.8 Å². The van der Waals surface area contributed by atoms with E-state index < -0.39 is 11.4 Å². The van der Waals surface area contributed by atoms with Gasteiger partial charge in [0.2, 0.25) is 0 Å². The molecule has 0 aliphatic heterocycles. The van der Waals surface area contributed by atoms with Gasteiger partial charge < -0.3 is 4.55 Å². The van der Waals surface area contributed by atoms with Crippen molar-refractivity contribution in [3.8, 4) is 0 Å². The van der Waals surface area contributed by atoms with Gasteiger partial charge in [0.05, 0.1) is 11.1 Å². The largest absolute Gasteiger partial charge is 0.598 e. The molecule has 1 heterocycles. The minimum atomic E-state index is -1.19. The highest BCUT2D eigenvalue weighted by molar-refractivity contribution is 7.90. The Morgan fingerprint density at radius 2 is 2.15 bits per heavy atom. The van der Waals surface area contributed by atoms with Crippen molar-refractivity contribution < 1.29 is 4.55 Å². The van der Waals surface area contributed by atoms with Gasteiger partial charge in [0.1, 0.15) is 9.90 Å². The molecule has 20 heavy (non-hydrogen) atoms. The van der Waals surface area contributed by atoms with Gasteiger partial charge in [0.15, 0.2) is 0 Å². The molecule has 2 atom stereocenters. The lowest BCUT2D eigenvalue weighted by molar-refractivity contribution is 0.513. The predicted octanol–water partition coefficient (Wildman–Crippen LogP) is 4.45. The summed E-state index contributed by atoms with van der Waals surface area (Å²) in [6.45, 7) is 9.47. The van der Waals surface area contributed by atoms with Gasteiger partial charge in [-0.2, -0.15) is 0 Å². The molecular weight excluding hydrogens is 315 g/mol. The molecule has 0 aliphatic carbocycles. The van der Waals surface area contributed by atoms with Crippen LogP contribution in [0.4, 0.5) is 0 Å². The third-order valence-electron chi connectivity index (χ3n) is 2.69. The Bertz CT molecular complexity index is 463. The molecule has 0 amide bonds. The van der Waals surface area contributed by atoms with E-state index in [1.54, 1.807) is 12.3 Å². The fourth-order valence-corrected chi connectivity index (χ4v) is 2.90. The van der Waals surface area contributed by atoms with Crippen LogP contribution in [-0.4, -0.2) is 14.3 Å². The Labute approximate surface area is 134 Å². The number of hydrogen-bond donors (Lipinski definition) is 1. The maximum atomic E-state index is 12.3. The highest BCUT2D eigenvalue weighted by Crippen LogP contribution is 2.29. The molecular formula is C14H20Cl2N2OS. The molecule has 0 bridgehead atoms. The maximum absolute atomic E-state index is 12.3. The standard InChI is InChI=1S/C14H20Cl2N2OS/c1-5-6-7-12(18-20(19)14(2,3)4)10-9-17-13(16)8-11(10)15/h5,8-9,12,18H,1,6-7H2,2-4H3/t12-,20+/m1/s1. The van der Waals surface area contributed by atoms with Gasteiger partial charge in [-0.3, -0.25) is 0 Å². The minimum Gasteiger partial charge on any atom is -0.598 e. The third kappa shape index (κ3) is 5.26. The fourth-order valence-electron chi connectivity index (χ4n) is 1.54. The Balaban J connectivity index is 2.96. The molecule has 1 N–H and O–H groups in total. The first-order chi connectivity index (χ1) is 9.25. The SMILES string of the molecule is C=CCC[C@@H](N[S@@+]([O-])C(C)(C)C)c1cnc(Cl)cc1Cl. The summed E-state index contributed by atoms with van der Waals surface area (Å²) in [6.07, 6.45) is 4.99. The van der Waals surface area contributed by atoms with Gasteiger partial charge in [0, 0.05) is 23.1 Å². The van der Waals surface area contributed by atoms with E-state index in [2.05, 4.69) is 16.3 Å². The van der Waals surface area contributed by atoms with Crippen LogP contribution in [0.25, 0.3) is 0 Å². The van der Waals surface area contributed by atoms with Crippen LogP contribution in [0.2, 0.25) is 10.2 Å². The van der Waals surface area contributed by atoms with Gasteiger partial charge in [-0.1, -0.05) is 29.3 Å². The van der Waals surface area contributed by atoms with Gasteiger partial charge in [-0.25, -0.2) is 4.98 Å². The van der Waals surface area contributed by atoms with E-state index in [0.29, 0.717) is 10.2 Å². The Morgan fingerprint density at radius 1 is 1.50 bits per heavy atom. The zero-order valence-corrected chi connectivity index (χ0v) is 14.3. The van der Waals surface area contributed by atoms with Crippen LogP contribution >= 0.6 is 23.2 Å². The summed E-state index contributed by atoms with van der Waals surface area (Å²) in [5, 5.41) is 0.871. The minimum absolute atomic E-state index is 0.148. The van der Waals surface area contributed by atoms with Gasteiger partial charge in [-0.05, 0) is 39.7 Å². The monoisotopic (exact) mass is 334 g/mol. The number of hydrogen-bond acceptors (Lipinski definition) is 3. The van der Waals surface area contributed by atoms with Crippen LogP contribution in [-0.2, 0) is 11.4 Å². The normalized spacial score (nSPS) is 14.9. The second-order valence-electron chi connectivity index (χ2n) is 5.45. The van der Waals surface area contributed by atoms with Gasteiger partial charge in [-0.15, -0.1) is 11.3 Å². The van der Waals surface area contributed by atoms with Crippen molar-refractivity contribution in [3.05, 3.63) is 40.7 Å². The van der Waals surface area contributed by atoms with E-state index in [9.17, 15) is 4.55 Å². The molecule has 112 valence electrons. The predicted molar refractivity (Wildman–Crippen MR) is 87.5 cm³/mol. The van der Waals surface area contributed by atoms with Crippen molar-refractivity contribution >= 4 is 34.6 Å². The van der Waals surface area contributed by atoms with Crippen molar-refractivity contribution in [2.24, 2.45) is 0 Å². The van der Waals surface area contributed by atoms with E-state index >= 15 is 0 Å². The van der Waals surface area contributed by atoms with Crippen LogP contribution in [0.1, 0.15) is 45.2 Å². The number of nitrogens with zero attached hydrogens (tertiary/aromatic N) is 1. The summed E-state index contributed by atoms with van der Waals surface area (Å²) in [5.41, 5.74) is 0.801. The molecule has 0 saturated carbocycles. The average Bonchev–Trinajstić information content (AvgIpc) is 2.33. The van der Waals surface area contributed by atoms with Crippen LogP contribution in [0.5, 0.6) is 0 Å². The molecule has 0 aromatic carbocycles. The second kappa shape index (κ2) is 7.66. The highest BCUT2D eigenvalue weighted by Gasteiger charge is 2.30. The lowest BCUT2D eigenvalue weighted by Crippen LogP contribution is -2.41. The van der Waals surface area contributed by atoms with Crippen molar-refractivity contribution in [3.63, 3.8) is 0 Å². The summed E-state index contributed by atoms with van der Waals surface area (Å²) in [5.74, 6) is 0. The van der Waals surface area contributed by atoms with Crippen molar-refractivity contribution in [2.45, 2.75) is 44.4 Å². The van der Waals surface area contributed by atoms with E-state index in [4.69, 9.17) is 23.2 Å². The third-order valence-corrected chi connectivity index (χ3v) is 4.83. The molecule has 1 aromatic heterocycles. The molecule has 0 unspecified atom stereocenters. The summed E-state index contributed by atoms with van der Waals surface area (Å²) in [7, 11) is 0. The molecule has 0 radical (unpaired) electrons. The molecule has 0 fully saturated rings. The van der Waals surface area contributed by atoms with E-state index in [1.807, 2.05) is 26.8 Å². The maximum Gasteiger partial charge on any atom is 0.136 e. The Morgan fingerprint density at radius 3 is 2.65 bits per heavy atom. The van der Waals surface area contributed by atoms with Crippen LogP contribution in [0.15, 0.2) is 24.9 Å². The molecule has 3 nitrogen and oxygen atoms in total. The summed E-state index contributed by atoms with van der Waals surface area (Å²) >= 11 is 10.8. The number of rotatable bonds is 6. The van der Waals surface area contributed by atoms with Crippen molar-refractivity contribution in [1.82, 2.24) is 9.71 Å². The summed E-state index contributed by atoms with van der Waals surface area (Å²) in [4.78, 5) is 4.05. The molecule has 0 spiro atoms. The molecule has 1 rings (SSSR count). The van der Waals surface area contributed by atoms with Crippen LogP contribution in [0, 0.1) is 0 Å². The number of nitrogens with one attached hydrogen (secondary N) is 1. The second-order valence-corrected chi connectivity index (χ2v) is 8.24. The summed E-state index contributed by atoms with van der Waals surface area (Å²) in [6, 6.07) is 1.45. The van der Waals surface area contributed by atoms with Crippen LogP contribution < -0.4 is 4.72 Å². The zero-order chi connectivity index (χ0) is 15.3. The van der Waals surface area contributed by atoms with Crippen LogP contribution in [0.3, 0.4) is 0 Å². The molecule has 1 aromatic rings. The first kappa shape index (κ1) is 17.8. The van der Waals surface area contributed by atoms with E-state index in [1.165, 1.54) is 0 Å². The van der Waals surface area contributed by atoms with Gasteiger partial charge >= 0.3 is 0 Å². The number of allylic oxidation sites excluding steroid dienone is 1. The van der Waals surface area contributed by atoms with Crippen molar-refractivity contribution in [2.75, 3.05) is 0 Å². The first-order valence-corrected chi connectivity index (χ1v) is 8.26. The topological polar surface area (TPSA) is 48.0 Å². The lowest BCUT2D eigenvalue weighted by Gasteiger charge is -2.28. The lowest BCUT2D eigenvalue weighted by atomic mass is 10.1. The Kier molecular flexibility index (Phi) is 6.82. The van der Waals surface area contributed by atoms with Gasteiger partial charge in [0.25, 0.3) is 0 Å². The highest BCUT2D eigenvalue weighted by atomic mass is 35.5. The zero-order valence-electron chi connectivity index (χ0n) is 12.0. The van der Waals surface area contributed by atoms with Crippen molar-refractivity contribution in [1.29, 1.82) is 0 Å². The number of halogens is 2. The Hall–Kier alpha value is -0.260. The number of aromatic nitrogens is 1. The summed E-state index contributed by atoms with van der Waals surface area (Å²) < 4.78 is 15.1. The molecule has 0 aliphatic rings. The van der Waals surface area contributed by atoms with E-state index in [0.717, 1.165) is 18.4 Å². The molecule has 6 heteroatoms. The quantitative estimate of drug-likeness (QED) is 0.475. The molecule has 0 saturated heterocycles. The number of pyridine rings is 1. The first-order valence-electron chi connectivity index (χ1n) is 6.35.